The Bertz CT molecular complexity index is 999. The molecule has 2 heterocycles. The number of aromatic amines is 2. The molecule has 0 bridgehead atoms. The first-order valence-corrected chi connectivity index (χ1v) is 9.89. The smallest absolute Gasteiger partial charge is 0.326 e. The lowest BCUT2D eigenvalue weighted by Crippen LogP contribution is -2.48. The summed E-state index contributed by atoms with van der Waals surface area (Å²) in [5.74, 6) is -4.22. The summed E-state index contributed by atoms with van der Waals surface area (Å²) in [6.45, 7) is 0.493. The topological polar surface area (TPSA) is 104 Å². The molecule has 1 aromatic heterocycles. The van der Waals surface area contributed by atoms with Crippen LogP contribution in [0.4, 0.5) is 13.2 Å². The molecule has 4 N–H and O–H groups in total. The third-order valence-corrected chi connectivity index (χ3v) is 6.97. The summed E-state index contributed by atoms with van der Waals surface area (Å²) in [6, 6.07) is -2.14. The Hall–Kier alpha value is -1.91. The molecule has 5 atom stereocenters. The number of methoxy groups -OCH3 is 1. The van der Waals surface area contributed by atoms with Gasteiger partial charge in [-0.1, -0.05) is 0 Å². The number of halogens is 3. The lowest BCUT2D eigenvalue weighted by molar-refractivity contribution is -0.0263. The van der Waals surface area contributed by atoms with Crippen LogP contribution >= 0.6 is 0 Å². The highest BCUT2D eigenvalue weighted by Gasteiger charge is 2.58. The van der Waals surface area contributed by atoms with Crippen molar-refractivity contribution in [1.82, 2.24) is 14.9 Å². The van der Waals surface area contributed by atoms with E-state index in [0.717, 1.165) is 12.8 Å². The second kappa shape index (κ2) is 6.29. The molecule has 5 unspecified atom stereocenters. The minimum atomic E-state index is -2.91. The molecule has 4 aliphatic rings. The Morgan fingerprint density at radius 1 is 1.21 bits per heavy atom. The van der Waals surface area contributed by atoms with Crippen molar-refractivity contribution in [2.24, 2.45) is 23.5 Å². The number of hydrogen-bond donors (Lipinski definition) is 3. The molecule has 29 heavy (non-hydrogen) atoms. The van der Waals surface area contributed by atoms with Gasteiger partial charge in [-0.05, 0) is 30.6 Å². The van der Waals surface area contributed by atoms with Crippen molar-refractivity contribution in [3.8, 4) is 0 Å². The third kappa shape index (κ3) is 2.76. The molecule has 7 nitrogen and oxygen atoms in total. The molecule has 1 saturated heterocycles. The molecular formula is C19H23F3N4O3. The number of ether oxygens (including phenoxy) is 1. The lowest BCUT2D eigenvalue weighted by Gasteiger charge is -2.38. The highest BCUT2D eigenvalue weighted by Crippen LogP contribution is 2.52. The Balaban J connectivity index is 1.58. The molecule has 2 saturated carbocycles. The maximum absolute atomic E-state index is 15.8. The van der Waals surface area contributed by atoms with E-state index in [2.05, 4.69) is 9.97 Å². The number of nitrogens with one attached hydrogen (secondary N) is 2. The van der Waals surface area contributed by atoms with E-state index in [9.17, 15) is 18.4 Å². The van der Waals surface area contributed by atoms with Gasteiger partial charge in [0.25, 0.3) is 11.5 Å². The van der Waals surface area contributed by atoms with Crippen molar-refractivity contribution in [2.75, 3.05) is 20.2 Å². The van der Waals surface area contributed by atoms with E-state index < -0.39 is 47.1 Å². The molecule has 0 amide bonds. The average molecular weight is 412 g/mol. The molecule has 0 aromatic carbocycles. The normalized spacial score (nSPS) is 36.4. The minimum Gasteiger partial charge on any atom is -0.373 e. The number of likely N-dealkylation sites (tertiary alicyclic amines) is 1. The monoisotopic (exact) mass is 412 g/mol. The zero-order valence-electron chi connectivity index (χ0n) is 15.9. The fourth-order valence-electron chi connectivity index (χ4n) is 5.50. The molecule has 3 aliphatic carbocycles. The van der Waals surface area contributed by atoms with Gasteiger partial charge in [-0.3, -0.25) is 14.7 Å². The van der Waals surface area contributed by atoms with Crippen LogP contribution in [0, 0.1) is 17.8 Å². The van der Waals surface area contributed by atoms with Crippen molar-refractivity contribution >= 4 is 5.57 Å². The van der Waals surface area contributed by atoms with Gasteiger partial charge in [0.1, 0.15) is 11.9 Å². The van der Waals surface area contributed by atoms with Crippen LogP contribution in [-0.2, 0) is 4.74 Å². The standard InChI is InChI=1S/C19H23F3N4O3/c1-29-15-13-11(17(27)25-18(28)24-13)10(7-2-3-7)12(20)14(15)26-5-8-4-19(21,22)16(23)9(8)6-26/h7-9,14-16H,2-6,23H2,1H3,(H2,24,25,27,28). The third-order valence-electron chi connectivity index (χ3n) is 6.97. The number of nitrogens with two attached hydrogens (primary N) is 1. The van der Waals surface area contributed by atoms with Crippen molar-refractivity contribution in [3.05, 3.63) is 37.9 Å². The zero-order chi connectivity index (χ0) is 20.7. The maximum Gasteiger partial charge on any atom is 0.326 e. The molecular weight excluding hydrogens is 389 g/mol. The molecule has 5 rings (SSSR count). The van der Waals surface area contributed by atoms with Crippen LogP contribution in [0.25, 0.3) is 5.57 Å². The molecule has 1 aliphatic heterocycles. The van der Waals surface area contributed by atoms with Crippen molar-refractivity contribution in [1.29, 1.82) is 0 Å². The average Bonchev–Trinajstić information content (AvgIpc) is 3.36. The second-order valence-corrected chi connectivity index (χ2v) is 8.70. The number of allylic oxidation sites excluding steroid dienone is 1. The van der Waals surface area contributed by atoms with Crippen LogP contribution in [0.1, 0.15) is 36.6 Å². The Kier molecular flexibility index (Phi) is 4.14. The fourth-order valence-corrected chi connectivity index (χ4v) is 5.50. The van der Waals surface area contributed by atoms with Gasteiger partial charge in [-0.15, -0.1) is 0 Å². The van der Waals surface area contributed by atoms with Crippen LogP contribution in [0.5, 0.6) is 0 Å². The highest BCUT2D eigenvalue weighted by molar-refractivity contribution is 5.75. The number of rotatable bonds is 3. The summed E-state index contributed by atoms with van der Waals surface area (Å²) in [6.07, 6.45) is 0.284. The van der Waals surface area contributed by atoms with E-state index in [4.69, 9.17) is 10.5 Å². The highest BCUT2D eigenvalue weighted by atomic mass is 19.3. The SMILES string of the molecule is COC1c2[nH]c(=O)[nH]c(=O)c2C(C2CC2)=C(F)C1N1CC2CC(F)(F)C(N)C2C1. The molecule has 0 spiro atoms. The largest absolute Gasteiger partial charge is 0.373 e. The van der Waals surface area contributed by atoms with Gasteiger partial charge < -0.3 is 15.5 Å². The van der Waals surface area contributed by atoms with E-state index in [-0.39, 0.29) is 42.6 Å². The first-order valence-electron chi connectivity index (χ1n) is 9.89. The Morgan fingerprint density at radius 2 is 1.93 bits per heavy atom. The zero-order valence-corrected chi connectivity index (χ0v) is 15.9. The predicted molar refractivity (Wildman–Crippen MR) is 98.1 cm³/mol. The number of alkyl halides is 2. The minimum absolute atomic E-state index is 0.0882. The van der Waals surface area contributed by atoms with Crippen LogP contribution in [0.15, 0.2) is 15.4 Å². The molecule has 1 aromatic rings. The van der Waals surface area contributed by atoms with Crippen molar-refractivity contribution < 1.29 is 17.9 Å². The van der Waals surface area contributed by atoms with Gasteiger partial charge in [-0.25, -0.2) is 18.0 Å². The van der Waals surface area contributed by atoms with Crippen LogP contribution in [0.2, 0.25) is 0 Å². The first kappa shape index (κ1) is 19.1. The number of nitrogens with zero attached hydrogens (tertiary/aromatic N) is 1. The van der Waals surface area contributed by atoms with Crippen molar-refractivity contribution in [2.45, 2.75) is 43.4 Å². The van der Waals surface area contributed by atoms with Crippen LogP contribution in [0.3, 0.4) is 0 Å². The number of hydrogen-bond acceptors (Lipinski definition) is 5. The quantitative estimate of drug-likeness (QED) is 0.691. The van der Waals surface area contributed by atoms with Gasteiger partial charge in [0, 0.05) is 32.2 Å². The molecule has 158 valence electrons. The van der Waals surface area contributed by atoms with E-state index >= 15 is 4.39 Å². The molecule has 3 fully saturated rings. The first-order chi connectivity index (χ1) is 13.7. The summed E-state index contributed by atoms with van der Waals surface area (Å²) in [7, 11) is 1.38. The lowest BCUT2D eigenvalue weighted by atomic mass is 9.86. The van der Waals surface area contributed by atoms with E-state index in [0.29, 0.717) is 5.57 Å². The maximum atomic E-state index is 15.8. The van der Waals surface area contributed by atoms with Gasteiger partial charge in [-0.2, -0.15) is 0 Å². The summed E-state index contributed by atoms with van der Waals surface area (Å²) < 4.78 is 49.3. The molecule has 0 radical (unpaired) electrons. The van der Waals surface area contributed by atoms with Gasteiger partial charge in [0.2, 0.25) is 0 Å². The van der Waals surface area contributed by atoms with Crippen LogP contribution < -0.4 is 17.0 Å². The van der Waals surface area contributed by atoms with Crippen molar-refractivity contribution in [3.63, 3.8) is 0 Å². The van der Waals surface area contributed by atoms with E-state index in [1.165, 1.54) is 7.11 Å². The van der Waals surface area contributed by atoms with Gasteiger partial charge in [0.15, 0.2) is 0 Å². The summed E-state index contributed by atoms with van der Waals surface area (Å²) >= 11 is 0. The number of aromatic nitrogens is 2. The van der Waals surface area contributed by atoms with E-state index in [1.807, 2.05) is 0 Å². The summed E-state index contributed by atoms with van der Waals surface area (Å²) in [5.41, 5.74) is 5.15. The Morgan fingerprint density at radius 3 is 2.55 bits per heavy atom. The second-order valence-electron chi connectivity index (χ2n) is 8.70. The van der Waals surface area contributed by atoms with Gasteiger partial charge in [0.05, 0.1) is 23.3 Å². The number of fused-ring (bicyclic) bond motifs is 2. The number of H-pyrrole nitrogens is 2. The summed E-state index contributed by atoms with van der Waals surface area (Å²) in [4.78, 5) is 31.0. The van der Waals surface area contributed by atoms with Crippen LogP contribution in [-0.4, -0.2) is 53.1 Å². The summed E-state index contributed by atoms with van der Waals surface area (Å²) in [5, 5.41) is 0. The predicted octanol–water partition coefficient (Wildman–Crippen LogP) is 1.14. The fraction of sp³-hybridized carbons (Fsp3) is 0.684. The van der Waals surface area contributed by atoms with E-state index in [1.54, 1.807) is 4.90 Å². The van der Waals surface area contributed by atoms with Gasteiger partial charge >= 0.3 is 5.69 Å². The Labute approximate surface area is 164 Å². The molecule has 10 heteroatoms.